The van der Waals surface area contributed by atoms with Crippen molar-refractivity contribution in [2.45, 2.75) is 25.6 Å². The van der Waals surface area contributed by atoms with Gasteiger partial charge in [0, 0.05) is 17.4 Å². The molecule has 0 aliphatic rings. The third kappa shape index (κ3) is 4.08. The zero-order valence-electron chi connectivity index (χ0n) is 15.3. The zero-order chi connectivity index (χ0) is 20.3. The quantitative estimate of drug-likeness (QED) is 0.291. The Balaban J connectivity index is 1.98. The van der Waals surface area contributed by atoms with Gasteiger partial charge in [-0.25, -0.2) is 15.0 Å². The lowest BCUT2D eigenvalue weighted by atomic mass is 10.1. The summed E-state index contributed by atoms with van der Waals surface area (Å²) in [5.74, 6) is 0.114. The minimum atomic E-state index is -1.34. The lowest BCUT2D eigenvalue weighted by molar-refractivity contribution is -0.118. The molecule has 0 saturated carbocycles. The molecule has 2 aromatic heterocycles. The number of carbonyl (C=O) groups is 1. The second-order valence-corrected chi connectivity index (χ2v) is 6.20. The Labute approximate surface area is 161 Å². The predicted molar refractivity (Wildman–Crippen MR) is 105 cm³/mol. The largest absolute Gasteiger partial charge is 0.399 e. The predicted octanol–water partition coefficient (Wildman–Crippen LogP) is 0.537. The van der Waals surface area contributed by atoms with E-state index in [0.717, 1.165) is 5.56 Å². The average molecular weight is 382 g/mol. The molecule has 10 heteroatoms. The molecule has 0 bridgehead atoms. The molecule has 3 aromatic rings. The van der Waals surface area contributed by atoms with Crippen molar-refractivity contribution >= 4 is 17.4 Å². The third-order valence-corrected chi connectivity index (χ3v) is 4.17. The number of imidazole rings is 1. The first-order valence-corrected chi connectivity index (χ1v) is 8.65. The van der Waals surface area contributed by atoms with Crippen LogP contribution in [0.2, 0.25) is 0 Å². The van der Waals surface area contributed by atoms with E-state index < -0.39 is 18.2 Å². The van der Waals surface area contributed by atoms with E-state index in [0.29, 0.717) is 23.6 Å². The first-order chi connectivity index (χ1) is 13.4. The maximum Gasteiger partial charge on any atom is 0.239 e. The Morgan fingerprint density at radius 2 is 2.00 bits per heavy atom. The highest BCUT2D eigenvalue weighted by Crippen LogP contribution is 2.22. The number of amides is 1. The molecule has 146 valence electrons. The number of anilines is 2. The van der Waals surface area contributed by atoms with Crippen LogP contribution in [0.15, 0.2) is 43.0 Å². The fourth-order valence-electron chi connectivity index (χ4n) is 2.65. The van der Waals surface area contributed by atoms with Crippen molar-refractivity contribution in [3.63, 3.8) is 0 Å². The van der Waals surface area contributed by atoms with Crippen LogP contribution in [0.4, 0.5) is 11.5 Å². The molecule has 0 fully saturated rings. The first-order valence-electron chi connectivity index (χ1n) is 8.65. The second kappa shape index (κ2) is 8.03. The van der Waals surface area contributed by atoms with Crippen LogP contribution in [-0.4, -0.2) is 36.6 Å². The van der Waals surface area contributed by atoms with Crippen LogP contribution in [0, 0.1) is 0 Å². The summed E-state index contributed by atoms with van der Waals surface area (Å²) in [4.78, 5) is 24.5. The van der Waals surface area contributed by atoms with Gasteiger partial charge in [-0.2, -0.15) is 0 Å². The van der Waals surface area contributed by atoms with Gasteiger partial charge in [0.1, 0.15) is 30.1 Å². The summed E-state index contributed by atoms with van der Waals surface area (Å²) in [6, 6.07) is 6.67. The van der Waals surface area contributed by atoms with Gasteiger partial charge in [-0.05, 0) is 18.6 Å². The van der Waals surface area contributed by atoms with Gasteiger partial charge in [-0.1, -0.05) is 19.1 Å². The SMILES string of the molecule is CC[C@@H](Nc1cnc(C(N)O)c(-n2cnc(-c3ccc(N)cc3)c2)n1)C(N)=O. The third-order valence-electron chi connectivity index (χ3n) is 4.17. The van der Waals surface area contributed by atoms with E-state index in [-0.39, 0.29) is 11.5 Å². The van der Waals surface area contributed by atoms with Crippen LogP contribution < -0.4 is 22.5 Å². The van der Waals surface area contributed by atoms with Crippen molar-refractivity contribution in [1.29, 1.82) is 0 Å². The highest BCUT2D eigenvalue weighted by molar-refractivity contribution is 5.82. The number of nitrogens with two attached hydrogens (primary N) is 3. The fourth-order valence-corrected chi connectivity index (χ4v) is 2.65. The van der Waals surface area contributed by atoms with Crippen molar-refractivity contribution in [2.75, 3.05) is 11.1 Å². The highest BCUT2D eigenvalue weighted by atomic mass is 16.3. The number of aliphatic hydroxyl groups is 1. The van der Waals surface area contributed by atoms with Crippen molar-refractivity contribution in [3.05, 3.63) is 48.7 Å². The number of aliphatic hydroxyl groups excluding tert-OH is 1. The van der Waals surface area contributed by atoms with Gasteiger partial charge in [-0.15, -0.1) is 0 Å². The van der Waals surface area contributed by atoms with Crippen molar-refractivity contribution in [2.24, 2.45) is 11.5 Å². The average Bonchev–Trinajstić information content (AvgIpc) is 3.16. The van der Waals surface area contributed by atoms with Crippen molar-refractivity contribution in [1.82, 2.24) is 19.5 Å². The summed E-state index contributed by atoms with van der Waals surface area (Å²) in [6.45, 7) is 1.82. The van der Waals surface area contributed by atoms with Crippen molar-refractivity contribution < 1.29 is 9.90 Å². The van der Waals surface area contributed by atoms with Gasteiger partial charge in [0.25, 0.3) is 0 Å². The molecule has 8 N–H and O–H groups in total. The maximum absolute atomic E-state index is 11.5. The topological polar surface area (TPSA) is 171 Å². The van der Waals surface area contributed by atoms with Gasteiger partial charge in [0.05, 0.1) is 11.9 Å². The van der Waals surface area contributed by atoms with E-state index >= 15 is 0 Å². The number of primary amides is 1. The van der Waals surface area contributed by atoms with Gasteiger partial charge in [-0.3, -0.25) is 9.36 Å². The summed E-state index contributed by atoms with van der Waals surface area (Å²) in [5, 5.41) is 12.8. The molecule has 0 radical (unpaired) electrons. The number of nitrogens with one attached hydrogen (secondary N) is 1. The van der Waals surface area contributed by atoms with Gasteiger partial charge in [0.15, 0.2) is 5.82 Å². The molecule has 28 heavy (non-hydrogen) atoms. The van der Waals surface area contributed by atoms with Gasteiger partial charge in [0.2, 0.25) is 5.91 Å². The normalized spacial score (nSPS) is 13.1. The molecule has 0 aliphatic heterocycles. The lowest BCUT2D eigenvalue weighted by Gasteiger charge is -2.16. The highest BCUT2D eigenvalue weighted by Gasteiger charge is 2.18. The summed E-state index contributed by atoms with van der Waals surface area (Å²) in [6.07, 6.45) is 3.81. The number of nitrogens with zero attached hydrogens (tertiary/aromatic N) is 4. The Bertz CT molecular complexity index is 968. The molecule has 0 spiro atoms. The number of aromatic nitrogens is 4. The molecule has 3 rings (SSSR count). The number of nitrogen functional groups attached to an aromatic ring is 1. The van der Waals surface area contributed by atoms with E-state index in [1.54, 1.807) is 22.9 Å². The summed E-state index contributed by atoms with van der Waals surface area (Å²) >= 11 is 0. The van der Waals surface area contributed by atoms with Crippen LogP contribution in [-0.2, 0) is 4.79 Å². The summed E-state index contributed by atoms with van der Waals surface area (Å²) in [5.41, 5.74) is 19.1. The smallest absolute Gasteiger partial charge is 0.239 e. The molecule has 2 atom stereocenters. The summed E-state index contributed by atoms with van der Waals surface area (Å²) in [7, 11) is 0. The first kappa shape index (κ1) is 19.3. The Morgan fingerprint density at radius 1 is 1.29 bits per heavy atom. The molecule has 0 saturated heterocycles. The van der Waals surface area contributed by atoms with Crippen LogP contribution in [0.3, 0.4) is 0 Å². The number of rotatable bonds is 7. The molecule has 1 amide bonds. The molecule has 1 unspecified atom stereocenters. The van der Waals surface area contributed by atoms with Crippen molar-refractivity contribution in [3.8, 4) is 17.1 Å². The Morgan fingerprint density at radius 3 is 2.61 bits per heavy atom. The molecular formula is C18H22N8O2. The standard InChI is InChI=1S/C18H22N8O2/c1-2-12(16(20)27)24-14-7-22-15(17(21)28)18(25-14)26-8-13(23-9-26)10-3-5-11(19)6-4-10/h3-9,12,17,28H,2,19,21H2,1H3,(H2,20,27)(H,24,25)/t12-,17?/m1/s1. The van der Waals surface area contributed by atoms with Crippen LogP contribution in [0.25, 0.3) is 17.1 Å². The monoisotopic (exact) mass is 382 g/mol. The summed E-state index contributed by atoms with van der Waals surface area (Å²) < 4.78 is 1.60. The molecule has 2 heterocycles. The van der Waals surface area contributed by atoms with Crippen LogP contribution in [0.1, 0.15) is 25.3 Å². The fraction of sp³-hybridized carbons (Fsp3) is 0.222. The molecule has 0 aliphatic carbocycles. The molecule has 1 aromatic carbocycles. The van der Waals surface area contributed by atoms with Gasteiger partial charge < -0.3 is 27.6 Å². The number of carbonyl (C=O) groups excluding carboxylic acids is 1. The minimum Gasteiger partial charge on any atom is -0.399 e. The molecular weight excluding hydrogens is 360 g/mol. The Hall–Kier alpha value is -3.50. The lowest BCUT2D eigenvalue weighted by Crippen LogP contribution is -2.35. The zero-order valence-corrected chi connectivity index (χ0v) is 15.3. The van der Waals surface area contributed by atoms with Crippen LogP contribution in [0.5, 0.6) is 0 Å². The minimum absolute atomic E-state index is 0.166. The van der Waals surface area contributed by atoms with Crippen LogP contribution >= 0.6 is 0 Å². The van der Waals surface area contributed by atoms with E-state index in [4.69, 9.17) is 17.2 Å². The number of hydrogen-bond donors (Lipinski definition) is 5. The van der Waals surface area contributed by atoms with E-state index in [1.165, 1.54) is 12.5 Å². The maximum atomic E-state index is 11.5. The molecule has 10 nitrogen and oxygen atoms in total. The van der Waals surface area contributed by atoms with Gasteiger partial charge >= 0.3 is 0 Å². The number of benzene rings is 1. The number of hydrogen-bond acceptors (Lipinski definition) is 8. The van der Waals surface area contributed by atoms with E-state index in [2.05, 4.69) is 20.3 Å². The Kier molecular flexibility index (Phi) is 5.52. The van der Waals surface area contributed by atoms with E-state index in [9.17, 15) is 9.90 Å². The van der Waals surface area contributed by atoms with E-state index in [1.807, 2.05) is 19.1 Å². The second-order valence-electron chi connectivity index (χ2n) is 6.20.